The minimum absolute atomic E-state index is 0.0204. The highest BCUT2D eigenvalue weighted by molar-refractivity contribution is 7.91. The molecule has 1 rings (SSSR count). The maximum atomic E-state index is 11.1. The molecule has 1 atom stereocenters. The molecule has 7 heteroatoms. The molecule has 4 N–H and O–H groups in total. The molecular formula is C6H13N3O3S. The Morgan fingerprint density at radius 3 is 2.54 bits per heavy atom. The van der Waals surface area contributed by atoms with Crippen LogP contribution in [-0.2, 0) is 9.84 Å². The fourth-order valence-electron chi connectivity index (χ4n) is 1.42. The van der Waals surface area contributed by atoms with Crippen LogP contribution >= 0.6 is 0 Å². The average molecular weight is 207 g/mol. The van der Waals surface area contributed by atoms with Gasteiger partial charge in [0, 0.05) is 0 Å². The summed E-state index contributed by atoms with van der Waals surface area (Å²) in [5.74, 6) is 4.96. The monoisotopic (exact) mass is 207 g/mol. The van der Waals surface area contributed by atoms with Crippen LogP contribution in [0.15, 0.2) is 0 Å². The molecule has 0 aromatic carbocycles. The molecule has 2 amide bonds. The molecule has 1 fully saturated rings. The molecule has 1 saturated heterocycles. The van der Waals surface area contributed by atoms with Crippen molar-refractivity contribution >= 4 is 15.9 Å². The lowest BCUT2D eigenvalue weighted by Crippen LogP contribution is -2.52. The Hall–Kier alpha value is -0.820. The zero-order valence-corrected chi connectivity index (χ0v) is 8.15. The minimum Gasteiger partial charge on any atom is -0.331 e. The molecule has 0 bridgehead atoms. The fraction of sp³-hybridized carbons (Fsp3) is 0.833. The zero-order chi connectivity index (χ0) is 10.1. The quantitative estimate of drug-likeness (QED) is 0.283. The maximum Gasteiger partial charge on any atom is 0.329 e. The van der Waals surface area contributed by atoms with Crippen molar-refractivity contribution in [3.63, 3.8) is 0 Å². The van der Waals surface area contributed by atoms with Crippen molar-refractivity contribution < 1.29 is 13.2 Å². The standard InChI is InChI=1S/C6H13N3O3S/c1-6(8-5(10)9-7)2-3-13(11,12)4-6/h2-4,7H2,1H3,(H2,8,9,10). The van der Waals surface area contributed by atoms with Gasteiger partial charge in [-0.1, -0.05) is 0 Å². The van der Waals surface area contributed by atoms with Gasteiger partial charge in [-0.3, -0.25) is 5.43 Å². The summed E-state index contributed by atoms with van der Waals surface area (Å²) in [4.78, 5) is 10.8. The molecular weight excluding hydrogens is 194 g/mol. The first kappa shape index (κ1) is 10.3. The van der Waals surface area contributed by atoms with E-state index in [4.69, 9.17) is 5.84 Å². The molecule has 13 heavy (non-hydrogen) atoms. The van der Waals surface area contributed by atoms with Gasteiger partial charge in [-0.25, -0.2) is 19.1 Å². The molecule has 6 nitrogen and oxygen atoms in total. The van der Waals surface area contributed by atoms with Crippen molar-refractivity contribution in [3.05, 3.63) is 0 Å². The van der Waals surface area contributed by atoms with Gasteiger partial charge < -0.3 is 5.32 Å². The van der Waals surface area contributed by atoms with E-state index in [2.05, 4.69) is 5.32 Å². The molecule has 0 aromatic heterocycles. The van der Waals surface area contributed by atoms with Crippen LogP contribution in [0.25, 0.3) is 0 Å². The van der Waals surface area contributed by atoms with Gasteiger partial charge in [0.05, 0.1) is 17.0 Å². The number of nitrogens with two attached hydrogens (primary N) is 1. The molecule has 0 aliphatic carbocycles. The van der Waals surface area contributed by atoms with Crippen molar-refractivity contribution in [3.8, 4) is 0 Å². The van der Waals surface area contributed by atoms with Gasteiger partial charge in [0.25, 0.3) is 0 Å². The Labute approximate surface area is 76.8 Å². The van der Waals surface area contributed by atoms with E-state index < -0.39 is 21.4 Å². The lowest BCUT2D eigenvalue weighted by Gasteiger charge is -2.22. The number of rotatable bonds is 1. The van der Waals surface area contributed by atoms with Crippen LogP contribution < -0.4 is 16.6 Å². The normalized spacial score (nSPS) is 31.2. The Kier molecular flexibility index (Phi) is 2.49. The molecule has 1 aliphatic rings. The summed E-state index contributed by atoms with van der Waals surface area (Å²) in [6.07, 6.45) is 0.433. The van der Waals surface area contributed by atoms with Gasteiger partial charge in [-0.15, -0.1) is 0 Å². The summed E-state index contributed by atoms with van der Waals surface area (Å²) in [6, 6.07) is -0.556. The number of carbonyl (C=O) groups excluding carboxylic acids is 1. The van der Waals surface area contributed by atoms with Crippen LogP contribution in [0.3, 0.4) is 0 Å². The van der Waals surface area contributed by atoms with Crippen LogP contribution in [0, 0.1) is 0 Å². The SMILES string of the molecule is CC1(NC(=O)NN)CCS(=O)(=O)C1. The topological polar surface area (TPSA) is 101 Å². The highest BCUT2D eigenvalue weighted by Gasteiger charge is 2.39. The Morgan fingerprint density at radius 2 is 2.15 bits per heavy atom. The minimum atomic E-state index is -2.99. The summed E-state index contributed by atoms with van der Waals surface area (Å²) in [6.45, 7) is 1.69. The number of amides is 2. The largest absolute Gasteiger partial charge is 0.331 e. The van der Waals surface area contributed by atoms with Crippen molar-refractivity contribution in [1.82, 2.24) is 10.7 Å². The summed E-state index contributed by atoms with van der Waals surface area (Å²) in [7, 11) is -2.99. The van der Waals surface area contributed by atoms with Gasteiger partial charge in [-0.05, 0) is 13.3 Å². The highest BCUT2D eigenvalue weighted by atomic mass is 32.2. The number of urea groups is 1. The lowest BCUT2D eigenvalue weighted by molar-refractivity contribution is 0.230. The van der Waals surface area contributed by atoms with Crippen molar-refractivity contribution in [2.45, 2.75) is 18.9 Å². The van der Waals surface area contributed by atoms with Gasteiger partial charge >= 0.3 is 6.03 Å². The van der Waals surface area contributed by atoms with Crippen molar-refractivity contribution in [2.75, 3.05) is 11.5 Å². The summed E-state index contributed by atoms with van der Waals surface area (Å²) >= 11 is 0. The van der Waals surface area contributed by atoms with Gasteiger partial charge in [0.1, 0.15) is 0 Å². The second-order valence-corrected chi connectivity index (χ2v) is 5.69. The number of hydrogen-bond acceptors (Lipinski definition) is 4. The van der Waals surface area contributed by atoms with E-state index in [-0.39, 0.29) is 11.5 Å². The predicted molar refractivity (Wildman–Crippen MR) is 47.5 cm³/mol. The third kappa shape index (κ3) is 2.56. The number of sulfone groups is 1. The van der Waals surface area contributed by atoms with E-state index in [9.17, 15) is 13.2 Å². The van der Waals surface area contributed by atoms with E-state index in [1.165, 1.54) is 0 Å². The number of carbonyl (C=O) groups is 1. The zero-order valence-electron chi connectivity index (χ0n) is 7.33. The summed E-state index contributed by atoms with van der Waals surface area (Å²) in [5.41, 5.74) is 1.22. The van der Waals surface area contributed by atoms with Crippen molar-refractivity contribution in [2.24, 2.45) is 5.84 Å². The second-order valence-electron chi connectivity index (χ2n) is 3.50. The lowest BCUT2D eigenvalue weighted by atomic mass is 10.0. The number of hydrogen-bond donors (Lipinski definition) is 3. The molecule has 0 aromatic rings. The molecule has 1 heterocycles. The van der Waals surface area contributed by atoms with Gasteiger partial charge in [0.2, 0.25) is 0 Å². The van der Waals surface area contributed by atoms with Gasteiger partial charge in [-0.2, -0.15) is 0 Å². The first-order chi connectivity index (χ1) is 5.87. The first-order valence-electron chi connectivity index (χ1n) is 3.86. The van der Waals surface area contributed by atoms with Crippen LogP contribution in [0.2, 0.25) is 0 Å². The smallest absolute Gasteiger partial charge is 0.329 e. The molecule has 0 spiro atoms. The summed E-state index contributed by atoms with van der Waals surface area (Å²) in [5, 5.41) is 2.51. The number of nitrogens with one attached hydrogen (secondary N) is 2. The molecule has 76 valence electrons. The third-order valence-electron chi connectivity index (χ3n) is 2.05. The Balaban J connectivity index is 2.65. The van der Waals surface area contributed by atoms with E-state index >= 15 is 0 Å². The van der Waals surface area contributed by atoms with Crippen LogP contribution in [-0.4, -0.2) is 31.5 Å². The highest BCUT2D eigenvalue weighted by Crippen LogP contribution is 2.22. The molecule has 1 unspecified atom stereocenters. The maximum absolute atomic E-state index is 11.1. The van der Waals surface area contributed by atoms with Gasteiger partial charge in [0.15, 0.2) is 9.84 Å². The third-order valence-corrected chi connectivity index (χ3v) is 3.95. The average Bonchev–Trinajstić information content (AvgIpc) is 2.25. The Morgan fingerprint density at radius 1 is 1.54 bits per heavy atom. The van der Waals surface area contributed by atoms with Crippen LogP contribution in [0.1, 0.15) is 13.3 Å². The van der Waals surface area contributed by atoms with E-state index in [1.807, 2.05) is 5.43 Å². The molecule has 1 aliphatic heterocycles. The van der Waals surface area contributed by atoms with E-state index in [1.54, 1.807) is 6.92 Å². The fourth-order valence-corrected chi connectivity index (χ4v) is 3.51. The Bertz CT molecular complexity index is 313. The predicted octanol–water partition coefficient (Wildman–Crippen LogP) is -1.26. The van der Waals surface area contributed by atoms with E-state index in [0.717, 1.165) is 0 Å². The molecule has 0 saturated carbocycles. The van der Waals surface area contributed by atoms with Crippen LogP contribution in [0.5, 0.6) is 0 Å². The summed E-state index contributed by atoms with van der Waals surface area (Å²) < 4.78 is 22.2. The molecule has 0 radical (unpaired) electrons. The number of hydrazine groups is 1. The van der Waals surface area contributed by atoms with E-state index in [0.29, 0.717) is 6.42 Å². The van der Waals surface area contributed by atoms with Crippen molar-refractivity contribution in [1.29, 1.82) is 0 Å². The second kappa shape index (κ2) is 3.15. The van der Waals surface area contributed by atoms with Crippen LogP contribution in [0.4, 0.5) is 4.79 Å². The first-order valence-corrected chi connectivity index (χ1v) is 5.68.